The third-order valence-corrected chi connectivity index (χ3v) is 2.08. The molecule has 0 spiro atoms. The first-order valence-corrected chi connectivity index (χ1v) is 4.36. The number of hydrogen-bond donors (Lipinski definition) is 0. The molecule has 1 aromatic rings. The van der Waals surface area contributed by atoms with Crippen LogP contribution in [0.3, 0.4) is 0 Å². The lowest BCUT2D eigenvalue weighted by atomic mass is 10.1. The molecule has 0 bridgehead atoms. The molecule has 3 heteroatoms. The van der Waals surface area contributed by atoms with E-state index in [-0.39, 0.29) is 6.10 Å². The van der Waals surface area contributed by atoms with Gasteiger partial charge in [-0.05, 0) is 6.07 Å². The third kappa shape index (κ3) is 1.48. The summed E-state index contributed by atoms with van der Waals surface area (Å²) in [6.07, 6.45) is 0.859. The van der Waals surface area contributed by atoms with Gasteiger partial charge in [0.2, 0.25) is 0 Å². The second-order valence-electron chi connectivity index (χ2n) is 2.98. The maximum absolute atomic E-state index is 11.0. The Morgan fingerprint density at radius 3 is 3.14 bits per heavy atom. The van der Waals surface area contributed by atoms with E-state index in [0.29, 0.717) is 6.61 Å². The Hall–Kier alpha value is -1.77. The van der Waals surface area contributed by atoms with Crippen molar-refractivity contribution in [1.29, 1.82) is 0 Å². The Kier molecular flexibility index (Phi) is 2.23. The number of fused-ring (bicyclic) bond motifs is 1. The van der Waals surface area contributed by atoms with Crippen molar-refractivity contribution in [2.75, 3.05) is 6.61 Å². The molecule has 0 saturated heterocycles. The SMILES string of the molecule is C=CC(=O)OC1COc2ccccc21. The normalized spacial score (nSPS) is 18.1. The zero-order valence-corrected chi connectivity index (χ0v) is 7.60. The first-order valence-electron chi connectivity index (χ1n) is 4.36. The van der Waals surface area contributed by atoms with Crippen molar-refractivity contribution in [2.45, 2.75) is 6.10 Å². The number of esters is 1. The quantitative estimate of drug-likeness (QED) is 0.527. The van der Waals surface area contributed by atoms with E-state index < -0.39 is 5.97 Å². The summed E-state index contributed by atoms with van der Waals surface area (Å²) >= 11 is 0. The van der Waals surface area contributed by atoms with Gasteiger partial charge in [0, 0.05) is 11.6 Å². The van der Waals surface area contributed by atoms with Crippen LogP contribution in [0.4, 0.5) is 0 Å². The molecule has 0 aromatic heterocycles. The van der Waals surface area contributed by atoms with E-state index in [0.717, 1.165) is 17.4 Å². The van der Waals surface area contributed by atoms with Crippen LogP contribution in [0.1, 0.15) is 11.7 Å². The fraction of sp³-hybridized carbons (Fsp3) is 0.182. The van der Waals surface area contributed by atoms with Crippen LogP contribution in [0, 0.1) is 0 Å². The molecular weight excluding hydrogens is 180 g/mol. The molecule has 0 fully saturated rings. The molecule has 0 amide bonds. The molecule has 2 rings (SSSR count). The molecule has 72 valence electrons. The topological polar surface area (TPSA) is 35.5 Å². The number of para-hydroxylation sites is 1. The van der Waals surface area contributed by atoms with Gasteiger partial charge in [-0.2, -0.15) is 0 Å². The van der Waals surface area contributed by atoms with Gasteiger partial charge < -0.3 is 9.47 Å². The summed E-state index contributed by atoms with van der Waals surface area (Å²) in [5, 5.41) is 0. The van der Waals surface area contributed by atoms with Crippen LogP contribution in [-0.4, -0.2) is 12.6 Å². The predicted octanol–water partition coefficient (Wildman–Crippen LogP) is 1.85. The van der Waals surface area contributed by atoms with Gasteiger partial charge in [0.15, 0.2) is 6.10 Å². The molecule has 0 saturated carbocycles. The van der Waals surface area contributed by atoms with E-state index in [1.165, 1.54) is 0 Å². The van der Waals surface area contributed by atoms with E-state index >= 15 is 0 Å². The average molecular weight is 190 g/mol. The van der Waals surface area contributed by atoms with E-state index in [1.807, 2.05) is 24.3 Å². The molecule has 1 atom stereocenters. The van der Waals surface area contributed by atoms with Gasteiger partial charge in [-0.15, -0.1) is 0 Å². The average Bonchev–Trinajstić information content (AvgIpc) is 2.62. The maximum Gasteiger partial charge on any atom is 0.330 e. The molecule has 1 heterocycles. The standard InChI is InChI=1S/C11H10O3/c1-2-11(12)14-10-7-13-9-6-4-3-5-8(9)10/h2-6,10H,1,7H2. The Bertz CT molecular complexity index is 371. The first-order chi connectivity index (χ1) is 6.81. The minimum Gasteiger partial charge on any atom is -0.489 e. The van der Waals surface area contributed by atoms with Gasteiger partial charge in [0.1, 0.15) is 12.4 Å². The molecule has 1 aliphatic heterocycles. The van der Waals surface area contributed by atoms with Crippen molar-refractivity contribution in [3.63, 3.8) is 0 Å². The van der Waals surface area contributed by atoms with Crippen molar-refractivity contribution >= 4 is 5.97 Å². The minimum atomic E-state index is -0.421. The number of hydrogen-bond acceptors (Lipinski definition) is 3. The predicted molar refractivity (Wildman–Crippen MR) is 51.0 cm³/mol. The van der Waals surface area contributed by atoms with Crippen molar-refractivity contribution in [3.05, 3.63) is 42.5 Å². The molecule has 1 aromatic carbocycles. The Morgan fingerprint density at radius 1 is 1.57 bits per heavy atom. The summed E-state index contributed by atoms with van der Waals surface area (Å²) in [4.78, 5) is 11.0. The maximum atomic E-state index is 11.0. The van der Waals surface area contributed by atoms with Gasteiger partial charge in [0.05, 0.1) is 0 Å². The molecule has 0 radical (unpaired) electrons. The number of rotatable bonds is 2. The zero-order chi connectivity index (χ0) is 9.97. The van der Waals surface area contributed by atoms with Crippen LogP contribution in [0.2, 0.25) is 0 Å². The second-order valence-corrected chi connectivity index (χ2v) is 2.98. The molecule has 1 aliphatic rings. The molecule has 0 aliphatic carbocycles. The van der Waals surface area contributed by atoms with Crippen LogP contribution < -0.4 is 4.74 Å². The van der Waals surface area contributed by atoms with Gasteiger partial charge in [-0.3, -0.25) is 0 Å². The summed E-state index contributed by atoms with van der Waals surface area (Å²) in [5.41, 5.74) is 0.919. The minimum absolute atomic E-state index is 0.295. The van der Waals surface area contributed by atoms with E-state index in [4.69, 9.17) is 9.47 Å². The summed E-state index contributed by atoms with van der Waals surface area (Å²) in [6, 6.07) is 7.53. The lowest BCUT2D eigenvalue weighted by molar-refractivity contribution is -0.143. The zero-order valence-electron chi connectivity index (χ0n) is 7.60. The number of carbonyl (C=O) groups is 1. The van der Waals surface area contributed by atoms with Crippen molar-refractivity contribution in [2.24, 2.45) is 0 Å². The summed E-state index contributed by atoms with van der Waals surface area (Å²) in [7, 11) is 0. The van der Waals surface area contributed by atoms with Crippen LogP contribution >= 0.6 is 0 Å². The summed E-state index contributed by atoms with van der Waals surface area (Å²) in [6.45, 7) is 3.73. The summed E-state index contributed by atoms with van der Waals surface area (Å²) < 4.78 is 10.4. The highest BCUT2D eigenvalue weighted by Gasteiger charge is 2.26. The fourth-order valence-electron chi connectivity index (χ4n) is 1.42. The highest BCUT2D eigenvalue weighted by atomic mass is 16.6. The van der Waals surface area contributed by atoms with Crippen molar-refractivity contribution < 1.29 is 14.3 Å². The van der Waals surface area contributed by atoms with Gasteiger partial charge in [0.25, 0.3) is 0 Å². The number of carbonyl (C=O) groups excluding carboxylic acids is 1. The monoisotopic (exact) mass is 190 g/mol. The van der Waals surface area contributed by atoms with Gasteiger partial charge in [-0.25, -0.2) is 4.79 Å². The van der Waals surface area contributed by atoms with E-state index in [1.54, 1.807) is 0 Å². The van der Waals surface area contributed by atoms with E-state index in [2.05, 4.69) is 6.58 Å². The van der Waals surface area contributed by atoms with Crippen LogP contribution in [0.15, 0.2) is 36.9 Å². The highest BCUT2D eigenvalue weighted by Crippen LogP contribution is 2.34. The highest BCUT2D eigenvalue weighted by molar-refractivity contribution is 5.81. The molecule has 1 unspecified atom stereocenters. The Labute approximate surface area is 81.9 Å². The molecular formula is C11H10O3. The van der Waals surface area contributed by atoms with Gasteiger partial charge >= 0.3 is 5.97 Å². The second kappa shape index (κ2) is 3.54. The molecule has 14 heavy (non-hydrogen) atoms. The van der Waals surface area contributed by atoms with Crippen molar-refractivity contribution in [1.82, 2.24) is 0 Å². The summed E-state index contributed by atoms with van der Waals surface area (Å²) in [5.74, 6) is 0.365. The lowest BCUT2D eigenvalue weighted by Crippen LogP contribution is -2.10. The van der Waals surface area contributed by atoms with Gasteiger partial charge in [-0.1, -0.05) is 24.8 Å². The fourth-order valence-corrected chi connectivity index (χ4v) is 1.42. The Morgan fingerprint density at radius 2 is 2.36 bits per heavy atom. The van der Waals surface area contributed by atoms with Crippen LogP contribution in [0.5, 0.6) is 5.75 Å². The first kappa shape index (κ1) is 8.81. The van der Waals surface area contributed by atoms with Crippen molar-refractivity contribution in [3.8, 4) is 5.75 Å². The van der Waals surface area contributed by atoms with Crippen LogP contribution in [-0.2, 0) is 9.53 Å². The van der Waals surface area contributed by atoms with Crippen LogP contribution in [0.25, 0.3) is 0 Å². The Balaban J connectivity index is 2.18. The molecule has 3 nitrogen and oxygen atoms in total. The molecule has 0 N–H and O–H groups in total. The number of benzene rings is 1. The largest absolute Gasteiger partial charge is 0.489 e. The lowest BCUT2D eigenvalue weighted by Gasteiger charge is -2.08. The third-order valence-electron chi connectivity index (χ3n) is 2.08. The van der Waals surface area contributed by atoms with E-state index in [9.17, 15) is 4.79 Å². The number of ether oxygens (including phenoxy) is 2. The smallest absolute Gasteiger partial charge is 0.330 e.